The molecular weight excluding hydrogens is 140 g/mol. The van der Waals surface area contributed by atoms with Crippen LogP contribution in [0.5, 0.6) is 0 Å². The number of hydrogen-bond donors (Lipinski definition) is 3. The first-order chi connectivity index (χ1) is 4.36. The van der Waals surface area contributed by atoms with Gasteiger partial charge in [0.25, 0.3) is 0 Å². The number of primary amides is 1. The van der Waals surface area contributed by atoms with E-state index in [1.165, 1.54) is 0 Å². The molecule has 0 aromatic rings. The van der Waals surface area contributed by atoms with Crippen molar-refractivity contribution in [2.24, 2.45) is 11.5 Å². The van der Waals surface area contributed by atoms with Crippen molar-refractivity contribution < 1.29 is 19.4 Å². The predicted octanol–water partition coefficient (Wildman–Crippen LogP) is -2.36. The fourth-order valence-corrected chi connectivity index (χ4v) is 0.269. The number of esters is 1. The van der Waals surface area contributed by atoms with Crippen LogP contribution in [0.15, 0.2) is 0 Å². The van der Waals surface area contributed by atoms with Crippen LogP contribution in [0.4, 0.5) is 0 Å². The van der Waals surface area contributed by atoms with E-state index in [-0.39, 0.29) is 0 Å². The number of nitrogens with two attached hydrogens (primary N) is 2. The molecule has 0 aromatic carbocycles. The van der Waals surface area contributed by atoms with Crippen LogP contribution in [0, 0.1) is 0 Å². The summed E-state index contributed by atoms with van der Waals surface area (Å²) in [5, 5.41) is 8.62. The number of hydrogen-bond acceptors (Lipinski definition) is 5. The number of carbonyl (C=O) groups is 2. The van der Waals surface area contributed by atoms with E-state index in [9.17, 15) is 9.59 Å². The summed E-state index contributed by atoms with van der Waals surface area (Å²) in [6.45, 7) is 0.987. The van der Waals surface area contributed by atoms with Crippen LogP contribution < -0.4 is 11.5 Å². The molecule has 0 fully saturated rings. The highest BCUT2D eigenvalue weighted by molar-refractivity contribution is 5.83. The van der Waals surface area contributed by atoms with Crippen molar-refractivity contribution >= 4 is 11.9 Å². The molecule has 0 aliphatic rings. The molecule has 0 aromatic heterocycles. The first kappa shape index (κ1) is 8.86. The number of rotatable bonds is 2. The molecule has 5 N–H and O–H groups in total. The van der Waals surface area contributed by atoms with Crippen LogP contribution in [0.3, 0.4) is 0 Å². The Morgan fingerprint density at radius 1 is 1.60 bits per heavy atom. The molecule has 1 unspecified atom stereocenters. The van der Waals surface area contributed by atoms with E-state index in [0.717, 1.165) is 6.92 Å². The quantitative estimate of drug-likeness (QED) is 0.299. The van der Waals surface area contributed by atoms with Crippen molar-refractivity contribution in [1.82, 2.24) is 0 Å². The van der Waals surface area contributed by atoms with Crippen molar-refractivity contribution in [2.75, 3.05) is 0 Å². The Morgan fingerprint density at radius 2 is 2.00 bits per heavy atom. The van der Waals surface area contributed by atoms with Crippen molar-refractivity contribution in [3.8, 4) is 0 Å². The summed E-state index contributed by atoms with van der Waals surface area (Å²) >= 11 is 0. The second-order valence-electron chi connectivity index (χ2n) is 1.65. The molecule has 1 amide bonds. The molecule has 58 valence electrons. The van der Waals surface area contributed by atoms with E-state index in [1.807, 2.05) is 0 Å². The first-order valence-corrected chi connectivity index (χ1v) is 2.37. The molecule has 6 heteroatoms. The molecule has 0 spiro atoms. The molecular formula is C4H8N2O4. The Hall–Kier alpha value is -1.14. The fraction of sp³-hybridized carbons (Fsp3) is 0.500. The van der Waals surface area contributed by atoms with Gasteiger partial charge in [0.05, 0.1) is 0 Å². The van der Waals surface area contributed by atoms with Crippen LogP contribution in [-0.2, 0) is 14.3 Å². The Balaban J connectivity index is 4.13. The van der Waals surface area contributed by atoms with Crippen molar-refractivity contribution in [3.05, 3.63) is 0 Å². The summed E-state index contributed by atoms with van der Waals surface area (Å²) in [4.78, 5) is 20.2. The standard InChI is InChI=1S/C4H8N2O4/c1-2(7)10-4(6,9)3(5)8/h9H,6H2,1H3,(H2,5,8). The van der Waals surface area contributed by atoms with Gasteiger partial charge in [0.15, 0.2) is 0 Å². The summed E-state index contributed by atoms with van der Waals surface area (Å²) in [6, 6.07) is 0. The van der Waals surface area contributed by atoms with Gasteiger partial charge in [0.1, 0.15) is 0 Å². The Bertz CT molecular complexity index is 165. The molecule has 0 rings (SSSR count). The van der Waals surface area contributed by atoms with E-state index in [0.29, 0.717) is 0 Å². The van der Waals surface area contributed by atoms with Gasteiger partial charge in [0.2, 0.25) is 0 Å². The van der Waals surface area contributed by atoms with Gasteiger partial charge in [-0.05, 0) is 0 Å². The molecule has 6 nitrogen and oxygen atoms in total. The SMILES string of the molecule is CC(=O)OC(N)(O)C(N)=O. The highest BCUT2D eigenvalue weighted by Gasteiger charge is 2.32. The number of ether oxygens (including phenoxy) is 1. The lowest BCUT2D eigenvalue weighted by atomic mass is 10.5. The van der Waals surface area contributed by atoms with E-state index in [2.05, 4.69) is 10.5 Å². The highest BCUT2D eigenvalue weighted by atomic mass is 16.7. The molecule has 0 aliphatic heterocycles. The maximum absolute atomic E-state index is 10.1. The summed E-state index contributed by atoms with van der Waals surface area (Å²) in [5.41, 5.74) is 9.23. The van der Waals surface area contributed by atoms with Crippen LogP contribution in [-0.4, -0.2) is 22.9 Å². The van der Waals surface area contributed by atoms with E-state index < -0.39 is 17.8 Å². The molecule has 0 bridgehead atoms. The minimum atomic E-state index is -2.69. The topological polar surface area (TPSA) is 116 Å². The minimum absolute atomic E-state index is 0.885. The summed E-state index contributed by atoms with van der Waals surface area (Å²) in [5.74, 6) is -4.89. The van der Waals surface area contributed by atoms with Gasteiger partial charge in [-0.25, -0.2) is 0 Å². The normalized spacial score (nSPS) is 15.5. The lowest BCUT2D eigenvalue weighted by Crippen LogP contribution is -2.54. The third-order valence-corrected chi connectivity index (χ3v) is 0.652. The first-order valence-electron chi connectivity index (χ1n) is 2.37. The van der Waals surface area contributed by atoms with Crippen molar-refractivity contribution in [1.29, 1.82) is 0 Å². The molecule has 0 saturated heterocycles. The van der Waals surface area contributed by atoms with Crippen molar-refractivity contribution in [3.63, 3.8) is 0 Å². The molecule has 10 heavy (non-hydrogen) atoms. The van der Waals surface area contributed by atoms with Gasteiger partial charge >= 0.3 is 17.8 Å². The lowest BCUT2D eigenvalue weighted by Gasteiger charge is -2.17. The van der Waals surface area contributed by atoms with Gasteiger partial charge < -0.3 is 15.6 Å². The number of amides is 1. The third-order valence-electron chi connectivity index (χ3n) is 0.652. The summed E-state index contributed by atoms with van der Waals surface area (Å²) in [6.07, 6.45) is 0. The largest absolute Gasteiger partial charge is 0.410 e. The Labute approximate surface area is 56.7 Å². The third kappa shape index (κ3) is 2.42. The monoisotopic (exact) mass is 148 g/mol. The van der Waals surface area contributed by atoms with Crippen LogP contribution in [0.25, 0.3) is 0 Å². The maximum Gasteiger partial charge on any atom is 0.350 e. The number of aliphatic hydroxyl groups is 1. The van der Waals surface area contributed by atoms with Gasteiger partial charge in [-0.1, -0.05) is 0 Å². The number of carbonyl (C=O) groups excluding carboxylic acids is 2. The smallest absolute Gasteiger partial charge is 0.350 e. The second-order valence-corrected chi connectivity index (χ2v) is 1.65. The fourth-order valence-electron chi connectivity index (χ4n) is 0.269. The summed E-state index contributed by atoms with van der Waals surface area (Å²) < 4.78 is 3.92. The van der Waals surface area contributed by atoms with E-state index in [1.54, 1.807) is 0 Å². The van der Waals surface area contributed by atoms with Gasteiger partial charge in [-0.2, -0.15) is 0 Å². The Kier molecular flexibility index (Phi) is 2.33. The average molecular weight is 148 g/mol. The average Bonchev–Trinajstić information content (AvgIpc) is 1.60. The van der Waals surface area contributed by atoms with Gasteiger partial charge in [-0.3, -0.25) is 15.3 Å². The van der Waals surface area contributed by atoms with Gasteiger partial charge in [0, 0.05) is 6.92 Å². The minimum Gasteiger partial charge on any atom is -0.410 e. The highest BCUT2D eigenvalue weighted by Crippen LogP contribution is 1.95. The van der Waals surface area contributed by atoms with Crippen LogP contribution in [0.2, 0.25) is 0 Å². The van der Waals surface area contributed by atoms with Crippen LogP contribution >= 0.6 is 0 Å². The van der Waals surface area contributed by atoms with Crippen molar-refractivity contribution in [2.45, 2.75) is 12.8 Å². The lowest BCUT2D eigenvalue weighted by molar-refractivity contribution is -0.205. The molecule has 0 saturated carbocycles. The molecule has 0 heterocycles. The Morgan fingerprint density at radius 3 is 2.10 bits per heavy atom. The molecule has 1 atom stereocenters. The van der Waals surface area contributed by atoms with E-state index in [4.69, 9.17) is 10.8 Å². The zero-order valence-corrected chi connectivity index (χ0v) is 5.33. The maximum atomic E-state index is 10.1. The summed E-state index contributed by atoms with van der Waals surface area (Å²) in [7, 11) is 0. The molecule has 0 aliphatic carbocycles. The van der Waals surface area contributed by atoms with Crippen LogP contribution in [0.1, 0.15) is 6.92 Å². The van der Waals surface area contributed by atoms with Gasteiger partial charge in [-0.15, -0.1) is 0 Å². The zero-order chi connectivity index (χ0) is 8.36. The molecule has 0 radical (unpaired) electrons. The second kappa shape index (κ2) is 2.63. The zero-order valence-electron chi connectivity index (χ0n) is 5.33. The van der Waals surface area contributed by atoms with E-state index >= 15 is 0 Å². The predicted molar refractivity (Wildman–Crippen MR) is 30.1 cm³/mol.